The third-order valence-electron chi connectivity index (χ3n) is 2.43. The van der Waals surface area contributed by atoms with E-state index >= 15 is 0 Å². The van der Waals surface area contributed by atoms with E-state index in [2.05, 4.69) is 20.9 Å². The highest BCUT2D eigenvalue weighted by molar-refractivity contribution is 9.10. The predicted octanol–water partition coefficient (Wildman–Crippen LogP) is 2.51. The van der Waals surface area contributed by atoms with Gasteiger partial charge in [-0.2, -0.15) is 0 Å². The van der Waals surface area contributed by atoms with E-state index in [1.807, 2.05) is 6.92 Å². The Kier molecular flexibility index (Phi) is 3.21. The molecule has 14 heavy (non-hydrogen) atoms. The van der Waals surface area contributed by atoms with Gasteiger partial charge in [-0.05, 0) is 35.7 Å². The molecule has 0 aliphatic carbocycles. The van der Waals surface area contributed by atoms with Crippen LogP contribution in [0.25, 0.3) is 0 Å². The van der Waals surface area contributed by atoms with Crippen LogP contribution < -0.4 is 0 Å². The van der Waals surface area contributed by atoms with Gasteiger partial charge in [0.15, 0.2) is 0 Å². The van der Waals surface area contributed by atoms with Crippen molar-refractivity contribution in [1.29, 1.82) is 0 Å². The van der Waals surface area contributed by atoms with Crippen LogP contribution in [-0.2, 0) is 4.74 Å². The van der Waals surface area contributed by atoms with Crippen molar-refractivity contribution >= 4 is 27.3 Å². The van der Waals surface area contributed by atoms with Crippen molar-refractivity contribution in [2.75, 3.05) is 0 Å². The average molecular weight is 278 g/mol. The lowest BCUT2D eigenvalue weighted by atomic mass is 10.1. The van der Waals surface area contributed by atoms with E-state index in [-0.39, 0.29) is 12.2 Å². The van der Waals surface area contributed by atoms with Crippen LogP contribution >= 0.6 is 27.3 Å². The fourth-order valence-electron chi connectivity index (χ4n) is 1.67. The zero-order valence-corrected chi connectivity index (χ0v) is 10.2. The minimum absolute atomic E-state index is 0.0678. The van der Waals surface area contributed by atoms with Gasteiger partial charge in [0.05, 0.1) is 22.6 Å². The number of halogens is 1. The number of aromatic nitrogens is 1. The van der Waals surface area contributed by atoms with Crippen LogP contribution in [0.2, 0.25) is 0 Å². The molecule has 0 amide bonds. The molecule has 0 saturated carbocycles. The SMILES string of the molecule is CC1CCC(C(O)c2scnc2Br)O1. The van der Waals surface area contributed by atoms with Gasteiger partial charge in [0.2, 0.25) is 0 Å². The first kappa shape index (κ1) is 10.5. The van der Waals surface area contributed by atoms with Crippen molar-refractivity contribution in [3.63, 3.8) is 0 Å². The van der Waals surface area contributed by atoms with Gasteiger partial charge in [-0.1, -0.05) is 0 Å². The van der Waals surface area contributed by atoms with E-state index < -0.39 is 6.10 Å². The van der Waals surface area contributed by atoms with Crippen molar-refractivity contribution in [3.05, 3.63) is 15.0 Å². The number of ether oxygens (including phenoxy) is 1. The molecule has 1 aliphatic heterocycles. The molecule has 1 N–H and O–H groups in total. The maximum atomic E-state index is 10.0. The molecule has 3 nitrogen and oxygen atoms in total. The van der Waals surface area contributed by atoms with Crippen LogP contribution in [0.5, 0.6) is 0 Å². The van der Waals surface area contributed by atoms with Crippen molar-refractivity contribution < 1.29 is 9.84 Å². The van der Waals surface area contributed by atoms with E-state index in [9.17, 15) is 5.11 Å². The predicted molar refractivity (Wildman–Crippen MR) is 58.3 cm³/mol. The van der Waals surface area contributed by atoms with Crippen molar-refractivity contribution in [2.24, 2.45) is 0 Å². The summed E-state index contributed by atoms with van der Waals surface area (Å²) >= 11 is 4.77. The molecular formula is C9H12BrNO2S. The molecule has 5 heteroatoms. The van der Waals surface area contributed by atoms with Gasteiger partial charge in [-0.3, -0.25) is 0 Å². The van der Waals surface area contributed by atoms with Crippen LogP contribution in [-0.4, -0.2) is 22.3 Å². The molecular weight excluding hydrogens is 266 g/mol. The molecule has 3 unspecified atom stereocenters. The summed E-state index contributed by atoms with van der Waals surface area (Å²) in [6.45, 7) is 2.04. The standard InChI is InChI=1S/C9H12BrNO2S/c1-5-2-3-6(13-5)7(12)8-9(10)11-4-14-8/h4-7,12H,2-3H2,1H3. The number of hydrogen-bond acceptors (Lipinski definition) is 4. The summed E-state index contributed by atoms with van der Waals surface area (Å²) in [6.07, 6.45) is 1.61. The number of aliphatic hydroxyl groups is 1. The van der Waals surface area contributed by atoms with Gasteiger partial charge in [0, 0.05) is 0 Å². The van der Waals surface area contributed by atoms with Gasteiger partial charge in [-0.15, -0.1) is 11.3 Å². The van der Waals surface area contributed by atoms with Gasteiger partial charge in [-0.25, -0.2) is 4.98 Å². The Bertz CT molecular complexity index is 318. The van der Waals surface area contributed by atoms with Gasteiger partial charge in [0.1, 0.15) is 10.7 Å². The Morgan fingerprint density at radius 1 is 1.71 bits per heavy atom. The molecule has 0 spiro atoms. The summed E-state index contributed by atoms with van der Waals surface area (Å²) in [5.41, 5.74) is 1.72. The topological polar surface area (TPSA) is 42.4 Å². The quantitative estimate of drug-likeness (QED) is 0.903. The molecule has 1 aliphatic rings. The summed E-state index contributed by atoms with van der Waals surface area (Å²) < 4.78 is 6.34. The summed E-state index contributed by atoms with van der Waals surface area (Å²) in [7, 11) is 0. The van der Waals surface area contributed by atoms with Crippen LogP contribution in [0.1, 0.15) is 30.7 Å². The molecule has 78 valence electrons. The zero-order valence-electron chi connectivity index (χ0n) is 7.81. The first-order chi connectivity index (χ1) is 6.68. The largest absolute Gasteiger partial charge is 0.385 e. The van der Waals surface area contributed by atoms with E-state index in [0.717, 1.165) is 22.3 Å². The second-order valence-electron chi connectivity index (χ2n) is 3.51. The summed E-state index contributed by atoms with van der Waals surface area (Å²) in [6, 6.07) is 0. The Labute approximate surface area is 95.3 Å². The van der Waals surface area contributed by atoms with E-state index in [4.69, 9.17) is 4.74 Å². The molecule has 0 aromatic carbocycles. The Balaban J connectivity index is 2.09. The van der Waals surface area contributed by atoms with Crippen LogP contribution in [0.3, 0.4) is 0 Å². The second kappa shape index (κ2) is 4.26. The summed E-state index contributed by atoms with van der Waals surface area (Å²) in [5.74, 6) is 0. The lowest BCUT2D eigenvalue weighted by Gasteiger charge is -2.16. The molecule has 2 rings (SSSR count). The monoisotopic (exact) mass is 277 g/mol. The number of hydrogen-bond donors (Lipinski definition) is 1. The maximum absolute atomic E-state index is 10.0. The second-order valence-corrected chi connectivity index (χ2v) is 5.15. The smallest absolute Gasteiger partial charge is 0.122 e. The first-order valence-corrected chi connectivity index (χ1v) is 6.28. The molecule has 1 aromatic rings. The molecule has 3 atom stereocenters. The molecule has 1 fully saturated rings. The van der Waals surface area contributed by atoms with Gasteiger partial charge in [0.25, 0.3) is 0 Å². The zero-order chi connectivity index (χ0) is 10.1. The molecule has 0 radical (unpaired) electrons. The lowest BCUT2D eigenvalue weighted by molar-refractivity contribution is -0.0286. The Morgan fingerprint density at radius 3 is 3.00 bits per heavy atom. The van der Waals surface area contributed by atoms with E-state index in [0.29, 0.717) is 0 Å². The minimum atomic E-state index is -0.540. The molecule has 1 saturated heterocycles. The summed E-state index contributed by atoms with van der Waals surface area (Å²) in [5, 5.41) is 10.0. The Morgan fingerprint density at radius 2 is 2.50 bits per heavy atom. The third kappa shape index (κ3) is 2.00. The lowest BCUT2D eigenvalue weighted by Crippen LogP contribution is -2.18. The third-order valence-corrected chi connectivity index (χ3v) is 4.23. The molecule has 1 aromatic heterocycles. The van der Waals surface area contributed by atoms with Crippen molar-refractivity contribution in [2.45, 2.75) is 38.1 Å². The molecule has 2 heterocycles. The number of aliphatic hydroxyl groups excluding tert-OH is 1. The first-order valence-electron chi connectivity index (χ1n) is 4.61. The fraction of sp³-hybridized carbons (Fsp3) is 0.667. The maximum Gasteiger partial charge on any atom is 0.122 e. The van der Waals surface area contributed by atoms with Crippen LogP contribution in [0.15, 0.2) is 10.1 Å². The number of thiazole rings is 1. The number of rotatable bonds is 2. The van der Waals surface area contributed by atoms with E-state index in [1.54, 1.807) is 5.51 Å². The highest BCUT2D eigenvalue weighted by Gasteiger charge is 2.31. The van der Waals surface area contributed by atoms with Gasteiger partial charge >= 0.3 is 0 Å². The number of nitrogens with zero attached hydrogens (tertiary/aromatic N) is 1. The van der Waals surface area contributed by atoms with Crippen molar-refractivity contribution in [3.8, 4) is 0 Å². The van der Waals surface area contributed by atoms with Crippen LogP contribution in [0.4, 0.5) is 0 Å². The normalized spacial score (nSPS) is 29.4. The summed E-state index contributed by atoms with van der Waals surface area (Å²) in [4.78, 5) is 4.91. The van der Waals surface area contributed by atoms with Gasteiger partial charge < -0.3 is 9.84 Å². The highest BCUT2D eigenvalue weighted by atomic mass is 79.9. The Hall–Kier alpha value is 0.0300. The average Bonchev–Trinajstić information content (AvgIpc) is 2.73. The van der Waals surface area contributed by atoms with Crippen molar-refractivity contribution in [1.82, 2.24) is 4.98 Å². The highest BCUT2D eigenvalue weighted by Crippen LogP contribution is 2.34. The van der Waals surface area contributed by atoms with E-state index in [1.165, 1.54) is 11.3 Å². The molecule has 0 bridgehead atoms. The fourth-order valence-corrected chi connectivity index (χ4v) is 3.13. The van der Waals surface area contributed by atoms with Crippen LogP contribution in [0, 0.1) is 0 Å². The minimum Gasteiger partial charge on any atom is -0.385 e.